The van der Waals surface area contributed by atoms with E-state index in [2.05, 4.69) is 15.6 Å². The average molecular weight is 434 g/mol. The van der Waals surface area contributed by atoms with Gasteiger partial charge in [0, 0.05) is 19.6 Å². The Morgan fingerprint density at radius 2 is 2.03 bits per heavy atom. The van der Waals surface area contributed by atoms with Crippen molar-refractivity contribution in [2.45, 2.75) is 38.3 Å². The number of rotatable bonds is 5. The molecule has 9 heteroatoms. The highest BCUT2D eigenvalue weighted by Gasteiger charge is 2.26. The third-order valence-corrected chi connectivity index (χ3v) is 5.85. The number of nitrogens with one attached hydrogen (secondary N) is 2. The van der Waals surface area contributed by atoms with Crippen molar-refractivity contribution in [2.24, 2.45) is 5.92 Å². The lowest BCUT2D eigenvalue weighted by Crippen LogP contribution is -2.47. The van der Waals surface area contributed by atoms with Crippen LogP contribution in [0.2, 0.25) is 0 Å². The zero-order valence-electron chi connectivity index (χ0n) is 16.9. The highest BCUT2D eigenvalue weighted by molar-refractivity contribution is 5.85. The Morgan fingerprint density at radius 1 is 1.20 bits per heavy atom. The van der Waals surface area contributed by atoms with Gasteiger partial charge in [0.05, 0.1) is 23.3 Å². The Labute approximate surface area is 181 Å². The van der Waals surface area contributed by atoms with Crippen LogP contribution in [0.4, 0.5) is 0 Å². The molecule has 2 N–H and O–H groups in total. The largest absolute Gasteiger partial charge is 0.354 e. The molecule has 8 nitrogen and oxygen atoms in total. The first kappa shape index (κ1) is 22.2. The highest BCUT2D eigenvalue weighted by atomic mass is 35.5. The molecular formula is C21H28ClN5O3. The second kappa shape index (κ2) is 10.0. The standard InChI is InChI=1S/C21H27N5O3.ClH/c27-19(13-26-14-24-17-7-2-1-6-16(17)21(26)29)25-10-4-5-15(12-25)11-23-20(28)18-8-3-9-22-18;/h1-2,6-7,14-15,18,22H,3-5,8-13H2,(H,23,28);1H. The summed E-state index contributed by atoms with van der Waals surface area (Å²) in [5, 5.41) is 6.75. The number of nitrogens with zero attached hydrogens (tertiary/aromatic N) is 3. The number of fused-ring (bicyclic) bond motifs is 1. The highest BCUT2D eigenvalue weighted by Crippen LogP contribution is 2.17. The lowest BCUT2D eigenvalue weighted by molar-refractivity contribution is -0.133. The quantitative estimate of drug-likeness (QED) is 0.731. The second-order valence-electron chi connectivity index (χ2n) is 7.94. The second-order valence-corrected chi connectivity index (χ2v) is 7.94. The van der Waals surface area contributed by atoms with E-state index in [1.165, 1.54) is 10.9 Å². The van der Waals surface area contributed by atoms with Crippen molar-refractivity contribution in [3.05, 3.63) is 40.9 Å². The third kappa shape index (κ3) is 4.99. The van der Waals surface area contributed by atoms with E-state index in [1.807, 2.05) is 6.07 Å². The van der Waals surface area contributed by atoms with Crippen LogP contribution in [0.5, 0.6) is 0 Å². The maximum atomic E-state index is 12.8. The number of carbonyl (C=O) groups excluding carboxylic acids is 2. The van der Waals surface area contributed by atoms with Gasteiger partial charge in [0.15, 0.2) is 0 Å². The van der Waals surface area contributed by atoms with Crippen LogP contribution in [0.25, 0.3) is 10.9 Å². The Balaban J connectivity index is 0.00000256. The van der Waals surface area contributed by atoms with Gasteiger partial charge in [0.25, 0.3) is 5.56 Å². The minimum Gasteiger partial charge on any atom is -0.354 e. The van der Waals surface area contributed by atoms with Crippen molar-refractivity contribution in [2.75, 3.05) is 26.2 Å². The van der Waals surface area contributed by atoms with Gasteiger partial charge in [-0.3, -0.25) is 19.0 Å². The van der Waals surface area contributed by atoms with Gasteiger partial charge in [-0.15, -0.1) is 12.4 Å². The normalized spacial score (nSPS) is 21.3. The van der Waals surface area contributed by atoms with Gasteiger partial charge >= 0.3 is 0 Å². The van der Waals surface area contributed by atoms with Crippen molar-refractivity contribution >= 4 is 35.1 Å². The Hall–Kier alpha value is -2.45. The number of benzene rings is 1. The molecule has 0 aliphatic carbocycles. The summed E-state index contributed by atoms with van der Waals surface area (Å²) in [7, 11) is 0. The van der Waals surface area contributed by atoms with Crippen LogP contribution in [0.1, 0.15) is 25.7 Å². The summed E-state index contributed by atoms with van der Waals surface area (Å²) in [4.78, 5) is 43.7. The van der Waals surface area contributed by atoms with E-state index >= 15 is 0 Å². The van der Waals surface area contributed by atoms with Crippen molar-refractivity contribution in [3.8, 4) is 0 Å². The number of amides is 2. The predicted octanol–water partition coefficient (Wildman–Crippen LogP) is 0.925. The fourth-order valence-corrected chi connectivity index (χ4v) is 4.20. The molecule has 30 heavy (non-hydrogen) atoms. The van der Waals surface area contributed by atoms with Gasteiger partial charge in [0.1, 0.15) is 6.54 Å². The number of para-hydroxylation sites is 1. The van der Waals surface area contributed by atoms with Crippen LogP contribution in [0.3, 0.4) is 0 Å². The summed E-state index contributed by atoms with van der Waals surface area (Å²) in [5.74, 6) is 0.210. The molecule has 2 aliphatic heterocycles. The van der Waals surface area contributed by atoms with E-state index in [1.54, 1.807) is 23.1 Å². The van der Waals surface area contributed by atoms with Gasteiger partial charge in [-0.05, 0) is 50.3 Å². The topological polar surface area (TPSA) is 96.3 Å². The number of hydrogen-bond donors (Lipinski definition) is 2. The van der Waals surface area contributed by atoms with Crippen LogP contribution in [0.15, 0.2) is 35.4 Å². The van der Waals surface area contributed by atoms with Gasteiger partial charge < -0.3 is 15.5 Å². The molecule has 2 aromatic rings. The number of halogens is 1. The predicted molar refractivity (Wildman–Crippen MR) is 117 cm³/mol. The molecular weight excluding hydrogens is 406 g/mol. The van der Waals surface area contributed by atoms with Crippen LogP contribution in [0, 0.1) is 5.92 Å². The van der Waals surface area contributed by atoms with Crippen molar-refractivity contribution in [1.29, 1.82) is 0 Å². The number of piperidine rings is 1. The van der Waals surface area contributed by atoms with Crippen LogP contribution < -0.4 is 16.2 Å². The maximum absolute atomic E-state index is 12.8. The molecule has 3 heterocycles. The minimum absolute atomic E-state index is 0. The molecule has 0 radical (unpaired) electrons. The molecule has 0 bridgehead atoms. The van der Waals surface area contributed by atoms with Gasteiger partial charge in [-0.25, -0.2) is 4.98 Å². The van der Waals surface area contributed by atoms with Gasteiger partial charge in [-0.2, -0.15) is 0 Å². The Kier molecular flexibility index (Phi) is 7.44. The molecule has 2 unspecified atom stereocenters. The first-order valence-electron chi connectivity index (χ1n) is 10.3. The molecule has 2 fully saturated rings. The molecule has 4 rings (SSSR count). The van der Waals surface area contributed by atoms with Gasteiger partial charge in [-0.1, -0.05) is 12.1 Å². The number of aromatic nitrogens is 2. The van der Waals surface area contributed by atoms with Crippen LogP contribution in [-0.2, 0) is 16.1 Å². The third-order valence-electron chi connectivity index (χ3n) is 5.85. The lowest BCUT2D eigenvalue weighted by Gasteiger charge is -2.33. The summed E-state index contributed by atoms with van der Waals surface area (Å²) >= 11 is 0. The van der Waals surface area contributed by atoms with E-state index in [4.69, 9.17) is 0 Å². The van der Waals surface area contributed by atoms with Crippen LogP contribution in [-0.4, -0.2) is 58.5 Å². The van der Waals surface area contributed by atoms with E-state index in [9.17, 15) is 14.4 Å². The molecule has 0 spiro atoms. The molecule has 2 amide bonds. The lowest BCUT2D eigenvalue weighted by atomic mass is 9.97. The molecule has 0 saturated carbocycles. The SMILES string of the molecule is Cl.O=C(NCC1CCCN(C(=O)Cn2cnc3ccccc3c2=O)C1)C1CCCN1. The summed E-state index contributed by atoms with van der Waals surface area (Å²) < 4.78 is 1.38. The van der Waals surface area contributed by atoms with E-state index < -0.39 is 0 Å². The number of carbonyl (C=O) groups is 2. The smallest absolute Gasteiger partial charge is 0.261 e. The number of likely N-dealkylation sites (tertiary alicyclic amines) is 1. The summed E-state index contributed by atoms with van der Waals surface area (Å²) in [6.45, 7) is 2.75. The first-order valence-corrected chi connectivity index (χ1v) is 10.3. The van der Waals surface area contributed by atoms with E-state index in [0.29, 0.717) is 30.5 Å². The monoisotopic (exact) mass is 433 g/mol. The molecule has 2 saturated heterocycles. The molecule has 2 atom stereocenters. The van der Waals surface area contributed by atoms with Crippen molar-refractivity contribution in [3.63, 3.8) is 0 Å². The summed E-state index contributed by atoms with van der Waals surface area (Å²) in [6, 6.07) is 7.06. The average Bonchev–Trinajstić information content (AvgIpc) is 3.29. The summed E-state index contributed by atoms with van der Waals surface area (Å²) in [6.07, 6.45) is 5.25. The van der Waals surface area contributed by atoms with Gasteiger partial charge in [0.2, 0.25) is 11.8 Å². The molecule has 162 valence electrons. The molecule has 1 aromatic heterocycles. The number of hydrogen-bond acceptors (Lipinski definition) is 5. The van der Waals surface area contributed by atoms with Crippen molar-refractivity contribution < 1.29 is 9.59 Å². The zero-order chi connectivity index (χ0) is 20.2. The first-order chi connectivity index (χ1) is 14.1. The van der Waals surface area contributed by atoms with E-state index in [0.717, 1.165) is 32.2 Å². The fraction of sp³-hybridized carbons (Fsp3) is 0.524. The van der Waals surface area contributed by atoms with Crippen LogP contribution >= 0.6 is 12.4 Å². The Morgan fingerprint density at radius 3 is 2.83 bits per heavy atom. The van der Waals surface area contributed by atoms with Crippen molar-refractivity contribution in [1.82, 2.24) is 25.1 Å². The summed E-state index contributed by atoms with van der Waals surface area (Å²) in [5.41, 5.74) is 0.431. The molecule has 1 aromatic carbocycles. The zero-order valence-corrected chi connectivity index (χ0v) is 17.7. The maximum Gasteiger partial charge on any atom is 0.261 e. The Bertz CT molecular complexity index is 957. The fourth-order valence-electron chi connectivity index (χ4n) is 4.20. The molecule has 2 aliphatic rings. The minimum atomic E-state index is -0.200. The van der Waals surface area contributed by atoms with E-state index in [-0.39, 0.29) is 48.3 Å².